The molecule has 8 aromatic carbocycles. The molecule has 1 aliphatic carbocycles. The number of rotatable bonds is 6. The normalized spacial score (nSPS) is 14.5. The first-order valence-corrected chi connectivity index (χ1v) is 20.7. The first-order valence-electron chi connectivity index (χ1n) is 20.7. The lowest BCUT2D eigenvalue weighted by molar-refractivity contribution is 0.444. The first-order chi connectivity index (χ1) is 28.3. The van der Waals surface area contributed by atoms with E-state index >= 15 is 0 Å². The highest BCUT2D eigenvalue weighted by atomic mass is 15.2. The minimum absolute atomic E-state index is 0.0774. The van der Waals surface area contributed by atoms with Gasteiger partial charge in [-0.1, -0.05) is 159 Å². The van der Waals surface area contributed by atoms with Gasteiger partial charge in [0.15, 0.2) is 0 Å². The van der Waals surface area contributed by atoms with Crippen molar-refractivity contribution in [2.24, 2.45) is 0 Å². The summed E-state index contributed by atoms with van der Waals surface area (Å²) in [5.74, 6) is 0.531. The second kappa shape index (κ2) is 14.2. The second-order valence-corrected chi connectivity index (χ2v) is 15.9. The maximum absolute atomic E-state index is 2.62. The first kappa shape index (κ1) is 33.7. The maximum Gasteiger partial charge on any atom is 0.252 e. The third kappa shape index (κ3) is 5.89. The van der Waals surface area contributed by atoms with E-state index in [2.05, 4.69) is 204 Å². The molecule has 0 aromatic heterocycles. The van der Waals surface area contributed by atoms with E-state index in [1.807, 2.05) is 0 Å². The molecule has 0 amide bonds. The summed E-state index contributed by atoms with van der Waals surface area (Å²) < 4.78 is 0. The molecule has 0 atom stereocenters. The largest absolute Gasteiger partial charge is 0.311 e. The molecule has 1 saturated carbocycles. The molecule has 2 nitrogen and oxygen atoms in total. The molecule has 0 spiro atoms. The molecular formula is C54H43BN2. The average Bonchev–Trinajstić information content (AvgIpc) is 3.30. The summed E-state index contributed by atoms with van der Waals surface area (Å²) in [6.45, 7) is 0.0774. The Morgan fingerprint density at radius 1 is 0.351 bits per heavy atom. The van der Waals surface area contributed by atoms with Crippen molar-refractivity contribution in [3.05, 3.63) is 200 Å². The smallest absolute Gasteiger partial charge is 0.252 e. The number of anilines is 6. The van der Waals surface area contributed by atoms with Gasteiger partial charge in [-0.15, -0.1) is 0 Å². The third-order valence-corrected chi connectivity index (χ3v) is 12.6. The van der Waals surface area contributed by atoms with Crippen LogP contribution in [0.5, 0.6) is 0 Å². The Labute approximate surface area is 336 Å². The zero-order valence-corrected chi connectivity index (χ0v) is 32.1. The fourth-order valence-corrected chi connectivity index (χ4v) is 9.91. The molecule has 8 aromatic rings. The number of hydrogen-bond donors (Lipinski definition) is 0. The molecular weight excluding hydrogens is 687 g/mol. The lowest BCUT2D eigenvalue weighted by Crippen LogP contribution is -2.61. The van der Waals surface area contributed by atoms with Crippen LogP contribution in [0.1, 0.15) is 43.6 Å². The van der Waals surface area contributed by atoms with Gasteiger partial charge < -0.3 is 9.80 Å². The zero-order chi connectivity index (χ0) is 37.7. The Kier molecular flexibility index (Phi) is 8.39. The van der Waals surface area contributed by atoms with Crippen LogP contribution in [0.2, 0.25) is 0 Å². The number of benzene rings is 8. The topological polar surface area (TPSA) is 6.48 Å². The second-order valence-electron chi connectivity index (χ2n) is 15.9. The minimum Gasteiger partial charge on any atom is -0.311 e. The molecule has 3 aliphatic rings. The Morgan fingerprint density at radius 2 is 0.860 bits per heavy atom. The number of nitrogens with zero attached hydrogens (tertiary/aromatic N) is 2. The van der Waals surface area contributed by atoms with Crippen LogP contribution in [-0.2, 0) is 0 Å². The quantitative estimate of drug-likeness (QED) is 0.157. The van der Waals surface area contributed by atoms with E-state index in [9.17, 15) is 0 Å². The molecule has 1 fully saturated rings. The third-order valence-electron chi connectivity index (χ3n) is 12.6. The lowest BCUT2D eigenvalue weighted by atomic mass is 9.33. The van der Waals surface area contributed by atoms with Gasteiger partial charge in [-0.2, -0.15) is 0 Å². The van der Waals surface area contributed by atoms with Crippen molar-refractivity contribution in [1.82, 2.24) is 0 Å². The van der Waals surface area contributed by atoms with Gasteiger partial charge in [0.25, 0.3) is 6.71 Å². The van der Waals surface area contributed by atoms with Crippen molar-refractivity contribution >= 4 is 57.2 Å². The number of fused-ring (bicyclic) bond motifs is 4. The van der Waals surface area contributed by atoms with E-state index in [4.69, 9.17) is 0 Å². The Morgan fingerprint density at radius 3 is 1.47 bits per heavy atom. The van der Waals surface area contributed by atoms with Gasteiger partial charge in [0.2, 0.25) is 0 Å². The summed E-state index contributed by atoms with van der Waals surface area (Å²) in [5, 5.41) is 0. The summed E-state index contributed by atoms with van der Waals surface area (Å²) in [6, 6.07) is 72.4. The van der Waals surface area contributed by atoms with E-state index in [-0.39, 0.29) is 6.71 Å². The maximum atomic E-state index is 2.62. The fourth-order valence-electron chi connectivity index (χ4n) is 9.91. The van der Waals surface area contributed by atoms with Crippen LogP contribution in [0.3, 0.4) is 0 Å². The SMILES string of the molecule is c1ccc(-c2cc(-c3ccccc3)cc(N3c4cc(-c5ccccc5)ccc4B4c5ccccc5N(c5ccccc5)c5cc(C6CCCCC6)cc3c54)c2)cc1. The lowest BCUT2D eigenvalue weighted by Gasteiger charge is -2.45. The summed E-state index contributed by atoms with van der Waals surface area (Å²) in [7, 11) is 0. The van der Waals surface area contributed by atoms with Crippen molar-refractivity contribution in [1.29, 1.82) is 0 Å². The van der Waals surface area contributed by atoms with E-state index in [0.717, 1.165) is 0 Å². The van der Waals surface area contributed by atoms with Gasteiger partial charge in [0.05, 0.1) is 0 Å². The van der Waals surface area contributed by atoms with Crippen LogP contribution < -0.4 is 26.2 Å². The molecule has 57 heavy (non-hydrogen) atoms. The number of hydrogen-bond acceptors (Lipinski definition) is 2. The molecule has 0 unspecified atom stereocenters. The van der Waals surface area contributed by atoms with Crippen molar-refractivity contribution in [3.63, 3.8) is 0 Å². The summed E-state index contributed by atoms with van der Waals surface area (Å²) >= 11 is 0. The van der Waals surface area contributed by atoms with Crippen LogP contribution in [0.15, 0.2) is 194 Å². The molecule has 0 bridgehead atoms. The Balaban J connectivity index is 1.24. The van der Waals surface area contributed by atoms with Crippen molar-refractivity contribution in [2.45, 2.75) is 38.0 Å². The van der Waals surface area contributed by atoms with Gasteiger partial charge in [-0.05, 0) is 129 Å². The van der Waals surface area contributed by atoms with E-state index in [0.29, 0.717) is 5.92 Å². The summed E-state index contributed by atoms with van der Waals surface area (Å²) in [5.41, 5.74) is 20.3. The van der Waals surface area contributed by atoms with E-state index in [1.165, 1.54) is 122 Å². The molecule has 0 saturated heterocycles. The Bertz CT molecular complexity index is 2660. The standard InChI is InChI=1S/C54H43BN2/c1-6-18-38(19-7-1)42-30-31-49-51(35-42)57(47-33-43(39-20-8-2-9-21-39)32-44(34-47)40-22-10-3-11-23-40)53-37-45(41-24-12-4-13-25-41)36-52-54(53)55(49)48-28-16-17-29-50(48)56(52)46-26-14-5-15-27-46/h1-3,5-11,14-23,26-37,41H,4,12-13,24-25H2. The minimum atomic E-state index is 0.0774. The Hall–Kier alpha value is -6.58. The van der Waals surface area contributed by atoms with Gasteiger partial charge in [0, 0.05) is 34.1 Å². The van der Waals surface area contributed by atoms with Gasteiger partial charge >= 0.3 is 0 Å². The van der Waals surface area contributed by atoms with Crippen LogP contribution in [0, 0.1) is 0 Å². The van der Waals surface area contributed by atoms with Gasteiger partial charge in [-0.3, -0.25) is 0 Å². The molecule has 0 N–H and O–H groups in total. The number of para-hydroxylation sites is 2. The van der Waals surface area contributed by atoms with Crippen molar-refractivity contribution in [3.8, 4) is 33.4 Å². The van der Waals surface area contributed by atoms with Gasteiger partial charge in [0.1, 0.15) is 0 Å². The van der Waals surface area contributed by atoms with E-state index in [1.54, 1.807) is 0 Å². The molecule has 2 heterocycles. The van der Waals surface area contributed by atoms with Crippen LogP contribution in [0.25, 0.3) is 33.4 Å². The van der Waals surface area contributed by atoms with E-state index < -0.39 is 0 Å². The average molecular weight is 731 g/mol. The summed E-state index contributed by atoms with van der Waals surface area (Å²) in [4.78, 5) is 5.17. The molecule has 3 heteroatoms. The predicted molar refractivity (Wildman–Crippen MR) is 243 cm³/mol. The monoisotopic (exact) mass is 730 g/mol. The van der Waals surface area contributed by atoms with Crippen LogP contribution in [0.4, 0.5) is 34.1 Å². The van der Waals surface area contributed by atoms with Crippen LogP contribution >= 0.6 is 0 Å². The van der Waals surface area contributed by atoms with Crippen molar-refractivity contribution in [2.75, 3.05) is 9.80 Å². The van der Waals surface area contributed by atoms with Crippen LogP contribution in [-0.4, -0.2) is 6.71 Å². The highest BCUT2D eigenvalue weighted by molar-refractivity contribution is 7.00. The molecule has 0 radical (unpaired) electrons. The predicted octanol–water partition coefficient (Wildman–Crippen LogP) is 12.8. The van der Waals surface area contributed by atoms with Gasteiger partial charge in [-0.25, -0.2) is 0 Å². The molecule has 272 valence electrons. The molecule has 11 rings (SSSR count). The zero-order valence-electron chi connectivity index (χ0n) is 32.1. The summed E-state index contributed by atoms with van der Waals surface area (Å²) in [6.07, 6.45) is 6.38. The highest BCUT2D eigenvalue weighted by Gasteiger charge is 2.44. The highest BCUT2D eigenvalue weighted by Crippen LogP contribution is 2.48. The fraction of sp³-hybridized carbons (Fsp3) is 0.111. The van der Waals surface area contributed by atoms with Crippen molar-refractivity contribution < 1.29 is 0 Å². The molecule has 2 aliphatic heterocycles.